The third kappa shape index (κ3) is 3.97. The van der Waals surface area contributed by atoms with Gasteiger partial charge < -0.3 is 10.2 Å². The quantitative estimate of drug-likeness (QED) is 0.872. The first kappa shape index (κ1) is 14.4. The third-order valence-corrected chi connectivity index (χ3v) is 4.57. The zero-order valence-corrected chi connectivity index (χ0v) is 12.7. The van der Waals surface area contributed by atoms with E-state index in [4.69, 9.17) is 0 Å². The van der Waals surface area contributed by atoms with Gasteiger partial charge in [-0.05, 0) is 62.8 Å². The van der Waals surface area contributed by atoms with Gasteiger partial charge in [0, 0.05) is 25.3 Å². The molecule has 1 saturated carbocycles. The Kier molecular flexibility index (Phi) is 5.26. The molecule has 0 aliphatic heterocycles. The fourth-order valence-corrected chi connectivity index (χ4v) is 3.11. The molecule has 0 unspecified atom stereocenters. The Morgan fingerprint density at radius 1 is 1.11 bits per heavy atom. The average Bonchev–Trinajstić information content (AvgIpc) is 2.48. The van der Waals surface area contributed by atoms with Gasteiger partial charge in [-0.25, -0.2) is 0 Å². The number of benzene rings is 1. The minimum absolute atomic E-state index is 0.755. The standard InChI is InChI=1S/C17H28N2/c1-4-14-7-11-17(12-8-14)19(3)13-15-5-9-16(18-2)10-6-15/h7-8,11-12,15-16,18H,4-6,9-10,13H2,1-3H3. The van der Waals surface area contributed by atoms with Gasteiger partial charge in [0.2, 0.25) is 0 Å². The van der Waals surface area contributed by atoms with Crippen molar-refractivity contribution in [1.82, 2.24) is 5.32 Å². The Morgan fingerprint density at radius 2 is 1.74 bits per heavy atom. The lowest BCUT2D eigenvalue weighted by molar-refractivity contribution is 0.305. The molecule has 1 aliphatic carbocycles. The largest absolute Gasteiger partial charge is 0.374 e. The van der Waals surface area contributed by atoms with E-state index in [1.807, 2.05) is 0 Å². The van der Waals surface area contributed by atoms with Gasteiger partial charge in [0.1, 0.15) is 0 Å². The van der Waals surface area contributed by atoms with E-state index in [1.165, 1.54) is 43.5 Å². The molecule has 0 radical (unpaired) electrons. The number of anilines is 1. The first-order valence-electron chi connectivity index (χ1n) is 7.70. The first-order chi connectivity index (χ1) is 9.22. The molecular formula is C17H28N2. The van der Waals surface area contributed by atoms with Crippen molar-refractivity contribution in [3.8, 4) is 0 Å². The highest BCUT2D eigenvalue weighted by atomic mass is 15.1. The maximum absolute atomic E-state index is 3.41. The minimum Gasteiger partial charge on any atom is -0.374 e. The summed E-state index contributed by atoms with van der Waals surface area (Å²) in [5.41, 5.74) is 2.78. The van der Waals surface area contributed by atoms with E-state index < -0.39 is 0 Å². The van der Waals surface area contributed by atoms with E-state index in [0.717, 1.165) is 18.4 Å². The number of aryl methyl sites for hydroxylation is 1. The molecule has 2 rings (SSSR count). The van der Waals surface area contributed by atoms with Crippen LogP contribution in [-0.2, 0) is 6.42 Å². The van der Waals surface area contributed by atoms with E-state index in [2.05, 4.69) is 55.5 Å². The molecule has 0 spiro atoms. The second kappa shape index (κ2) is 6.95. The SMILES string of the molecule is CCc1ccc(N(C)CC2CCC(NC)CC2)cc1. The lowest BCUT2D eigenvalue weighted by Gasteiger charge is -2.32. The molecule has 0 amide bonds. The summed E-state index contributed by atoms with van der Waals surface area (Å²) >= 11 is 0. The van der Waals surface area contributed by atoms with Crippen LogP contribution in [0, 0.1) is 5.92 Å². The van der Waals surface area contributed by atoms with Crippen LogP contribution in [0.4, 0.5) is 5.69 Å². The Balaban J connectivity index is 1.85. The fourth-order valence-electron chi connectivity index (χ4n) is 3.11. The van der Waals surface area contributed by atoms with Crippen molar-refractivity contribution in [2.75, 3.05) is 25.5 Å². The molecule has 2 nitrogen and oxygen atoms in total. The summed E-state index contributed by atoms with van der Waals surface area (Å²) in [5.74, 6) is 0.862. The second-order valence-corrected chi connectivity index (χ2v) is 5.91. The van der Waals surface area contributed by atoms with E-state index in [0.29, 0.717) is 0 Å². The predicted octanol–water partition coefficient (Wildman–Crippen LogP) is 3.46. The van der Waals surface area contributed by atoms with Crippen LogP contribution in [0.3, 0.4) is 0 Å². The summed E-state index contributed by atoms with van der Waals surface area (Å²) in [6, 6.07) is 9.79. The molecule has 1 N–H and O–H groups in total. The highest BCUT2D eigenvalue weighted by molar-refractivity contribution is 5.46. The molecule has 0 aromatic heterocycles. The fraction of sp³-hybridized carbons (Fsp3) is 0.647. The molecule has 1 fully saturated rings. The van der Waals surface area contributed by atoms with Crippen LogP contribution in [0.2, 0.25) is 0 Å². The van der Waals surface area contributed by atoms with Gasteiger partial charge >= 0.3 is 0 Å². The zero-order chi connectivity index (χ0) is 13.7. The Bertz CT molecular complexity index is 363. The van der Waals surface area contributed by atoms with Crippen molar-refractivity contribution in [3.63, 3.8) is 0 Å². The Morgan fingerprint density at radius 3 is 2.26 bits per heavy atom. The van der Waals surface area contributed by atoms with Gasteiger partial charge in [0.25, 0.3) is 0 Å². The molecule has 0 heterocycles. The highest BCUT2D eigenvalue weighted by Crippen LogP contribution is 2.26. The van der Waals surface area contributed by atoms with Crippen LogP contribution in [0.5, 0.6) is 0 Å². The van der Waals surface area contributed by atoms with Gasteiger partial charge in [0.15, 0.2) is 0 Å². The van der Waals surface area contributed by atoms with Crippen molar-refractivity contribution < 1.29 is 0 Å². The summed E-state index contributed by atoms with van der Waals surface area (Å²) in [6.07, 6.45) is 6.53. The molecule has 1 aromatic carbocycles. The number of rotatable bonds is 5. The number of hydrogen-bond donors (Lipinski definition) is 1. The molecule has 0 bridgehead atoms. The van der Waals surface area contributed by atoms with Crippen molar-refractivity contribution in [1.29, 1.82) is 0 Å². The zero-order valence-electron chi connectivity index (χ0n) is 12.7. The van der Waals surface area contributed by atoms with Gasteiger partial charge in [-0.1, -0.05) is 19.1 Å². The predicted molar refractivity (Wildman–Crippen MR) is 83.9 cm³/mol. The first-order valence-corrected chi connectivity index (χ1v) is 7.70. The molecule has 0 atom stereocenters. The molecule has 2 heteroatoms. The molecule has 106 valence electrons. The van der Waals surface area contributed by atoms with Gasteiger partial charge in [-0.15, -0.1) is 0 Å². The van der Waals surface area contributed by atoms with Crippen molar-refractivity contribution in [3.05, 3.63) is 29.8 Å². The maximum atomic E-state index is 3.41. The van der Waals surface area contributed by atoms with Crippen LogP contribution in [0.25, 0.3) is 0 Å². The summed E-state index contributed by atoms with van der Waals surface area (Å²) in [7, 11) is 4.32. The average molecular weight is 260 g/mol. The van der Waals surface area contributed by atoms with Crippen molar-refractivity contribution in [2.45, 2.75) is 45.1 Å². The smallest absolute Gasteiger partial charge is 0.0363 e. The summed E-state index contributed by atoms with van der Waals surface area (Å²) in [4.78, 5) is 2.42. The lowest BCUT2D eigenvalue weighted by atomic mass is 9.86. The normalized spacial score (nSPS) is 23.3. The lowest BCUT2D eigenvalue weighted by Crippen LogP contribution is -2.34. The third-order valence-electron chi connectivity index (χ3n) is 4.57. The van der Waals surface area contributed by atoms with E-state index in [-0.39, 0.29) is 0 Å². The van der Waals surface area contributed by atoms with Gasteiger partial charge in [-0.3, -0.25) is 0 Å². The highest BCUT2D eigenvalue weighted by Gasteiger charge is 2.21. The van der Waals surface area contributed by atoms with Crippen LogP contribution in [0.15, 0.2) is 24.3 Å². The molecule has 1 aliphatic rings. The summed E-state index contributed by atoms with van der Waals surface area (Å²) in [5, 5.41) is 3.41. The molecular weight excluding hydrogens is 232 g/mol. The van der Waals surface area contributed by atoms with Crippen LogP contribution < -0.4 is 10.2 Å². The number of nitrogens with one attached hydrogen (secondary N) is 1. The van der Waals surface area contributed by atoms with Gasteiger partial charge in [-0.2, -0.15) is 0 Å². The maximum Gasteiger partial charge on any atom is 0.0363 e. The molecule has 19 heavy (non-hydrogen) atoms. The Labute approximate surface area is 118 Å². The second-order valence-electron chi connectivity index (χ2n) is 5.91. The summed E-state index contributed by atoms with van der Waals surface area (Å²) in [6.45, 7) is 3.40. The van der Waals surface area contributed by atoms with Crippen LogP contribution in [0.1, 0.15) is 38.2 Å². The van der Waals surface area contributed by atoms with E-state index in [1.54, 1.807) is 0 Å². The Hall–Kier alpha value is -1.02. The summed E-state index contributed by atoms with van der Waals surface area (Å²) < 4.78 is 0. The van der Waals surface area contributed by atoms with Crippen molar-refractivity contribution >= 4 is 5.69 Å². The monoisotopic (exact) mass is 260 g/mol. The van der Waals surface area contributed by atoms with Crippen LogP contribution in [-0.4, -0.2) is 26.7 Å². The molecule has 1 aromatic rings. The number of hydrogen-bond acceptors (Lipinski definition) is 2. The van der Waals surface area contributed by atoms with E-state index in [9.17, 15) is 0 Å². The van der Waals surface area contributed by atoms with Crippen molar-refractivity contribution in [2.24, 2.45) is 5.92 Å². The van der Waals surface area contributed by atoms with Gasteiger partial charge in [0.05, 0.1) is 0 Å². The minimum atomic E-state index is 0.755. The topological polar surface area (TPSA) is 15.3 Å². The van der Waals surface area contributed by atoms with E-state index >= 15 is 0 Å². The van der Waals surface area contributed by atoms with Crippen LogP contribution >= 0.6 is 0 Å². The molecule has 0 saturated heterocycles. The number of nitrogens with zero attached hydrogens (tertiary/aromatic N) is 1.